The monoisotopic (exact) mass is 668 g/mol. The maximum absolute atomic E-state index is 16.9. The summed E-state index contributed by atoms with van der Waals surface area (Å²) in [7, 11) is 0. The summed E-state index contributed by atoms with van der Waals surface area (Å²) in [5.41, 5.74) is 5.67. The van der Waals surface area contributed by atoms with E-state index in [0.717, 1.165) is 11.1 Å². The first-order valence-electron chi connectivity index (χ1n) is 16.3. The fourth-order valence-electron chi connectivity index (χ4n) is 7.39. The Morgan fingerprint density at radius 1 is 1.08 bits per heavy atom. The number of rotatable bonds is 5. The Morgan fingerprint density at radius 2 is 1.79 bits per heavy atom. The van der Waals surface area contributed by atoms with Crippen LogP contribution in [0.3, 0.4) is 0 Å². The second kappa shape index (κ2) is 11.7. The van der Waals surface area contributed by atoms with Crippen molar-refractivity contribution in [1.29, 1.82) is 0 Å². The highest BCUT2D eigenvalue weighted by atomic mass is 35.5. The lowest BCUT2D eigenvalue weighted by molar-refractivity contribution is -0.128. The van der Waals surface area contributed by atoms with Crippen LogP contribution in [-0.2, 0) is 4.79 Å². The predicted molar refractivity (Wildman–Crippen MR) is 189 cm³/mol. The number of anilines is 2. The molecule has 2 atom stereocenters. The largest absolute Gasteiger partial charge is 0.377 e. The number of amides is 1. The van der Waals surface area contributed by atoms with Gasteiger partial charge in [-0.15, -0.1) is 0 Å². The SMILES string of the molecule is C=CC(=O)N1CC2CNc3c(c4cc(F)c(-c5c(C)ccc6[nH]cnc56)c(Cl)c4n(-c4c(C(C)C)ncnc4C(C)C)c3=O)N2CC1C. The van der Waals surface area contributed by atoms with Gasteiger partial charge in [0.2, 0.25) is 5.91 Å². The standard InChI is InChI=1S/C36H38ClFN8O2/c1-8-25(47)44-14-21-12-39-32-34(45(21)13-20(44)7)22-11-23(38)27(26-19(6)9-10-24-31(26)43-15-40-24)28(37)33(22)46(36(32)48)35-29(17(2)3)41-16-42-30(35)18(4)5/h8-11,15-18,20-21,39H,1,12-14H2,2-7H3,(H,40,43). The Bertz CT molecular complexity index is 2180. The molecule has 1 fully saturated rings. The first-order valence-corrected chi connectivity index (χ1v) is 16.6. The molecule has 248 valence electrons. The number of nitrogens with zero attached hydrogens (tertiary/aromatic N) is 6. The van der Waals surface area contributed by atoms with E-state index >= 15 is 9.18 Å². The third-order valence-corrected chi connectivity index (χ3v) is 10.0. The number of nitrogens with one attached hydrogen (secondary N) is 2. The number of hydrogen-bond acceptors (Lipinski definition) is 7. The fourth-order valence-corrected chi connectivity index (χ4v) is 7.76. The number of aryl methyl sites for hydroxylation is 1. The number of aromatic nitrogens is 5. The minimum atomic E-state index is -0.536. The second-order valence-electron chi connectivity index (χ2n) is 13.4. The molecule has 5 aromatic rings. The lowest BCUT2D eigenvalue weighted by Gasteiger charge is -2.49. The summed E-state index contributed by atoms with van der Waals surface area (Å²) in [6.07, 6.45) is 4.42. The van der Waals surface area contributed by atoms with Crippen molar-refractivity contribution < 1.29 is 9.18 Å². The van der Waals surface area contributed by atoms with Crippen LogP contribution in [0.15, 0.2) is 48.3 Å². The number of benzene rings is 2. The van der Waals surface area contributed by atoms with Gasteiger partial charge in [-0.3, -0.25) is 14.2 Å². The van der Waals surface area contributed by atoms with E-state index < -0.39 is 5.82 Å². The summed E-state index contributed by atoms with van der Waals surface area (Å²) in [5.74, 6) is -0.815. The van der Waals surface area contributed by atoms with Crippen molar-refractivity contribution in [2.24, 2.45) is 0 Å². The molecule has 0 saturated carbocycles. The number of halogens is 2. The van der Waals surface area contributed by atoms with Gasteiger partial charge < -0.3 is 20.1 Å². The Labute approximate surface area is 282 Å². The predicted octanol–water partition coefficient (Wildman–Crippen LogP) is 6.69. The maximum atomic E-state index is 16.9. The van der Waals surface area contributed by atoms with Gasteiger partial charge in [-0.25, -0.2) is 19.3 Å². The molecule has 2 aromatic carbocycles. The molecule has 12 heteroatoms. The number of pyridine rings is 1. The molecule has 0 spiro atoms. The topological polar surface area (TPSA) is 112 Å². The van der Waals surface area contributed by atoms with Gasteiger partial charge in [0.1, 0.15) is 17.8 Å². The van der Waals surface area contributed by atoms with Crippen LogP contribution in [-0.4, -0.2) is 67.0 Å². The molecule has 5 heterocycles. The van der Waals surface area contributed by atoms with Gasteiger partial charge in [0, 0.05) is 42.2 Å². The summed E-state index contributed by atoms with van der Waals surface area (Å²) in [4.78, 5) is 48.7. The van der Waals surface area contributed by atoms with E-state index in [0.29, 0.717) is 70.1 Å². The molecule has 2 unspecified atom stereocenters. The van der Waals surface area contributed by atoms with Crippen molar-refractivity contribution in [2.45, 2.75) is 65.5 Å². The molecular weight excluding hydrogens is 631 g/mol. The summed E-state index contributed by atoms with van der Waals surface area (Å²) in [6.45, 7) is 16.9. The van der Waals surface area contributed by atoms with Crippen molar-refractivity contribution in [3.8, 4) is 16.8 Å². The summed E-state index contributed by atoms with van der Waals surface area (Å²) in [6, 6.07) is 4.93. The zero-order valence-electron chi connectivity index (χ0n) is 27.9. The van der Waals surface area contributed by atoms with E-state index in [2.05, 4.69) is 36.7 Å². The smallest absolute Gasteiger partial charge is 0.281 e. The minimum absolute atomic E-state index is 0.0640. The van der Waals surface area contributed by atoms with Gasteiger partial charge >= 0.3 is 0 Å². The molecule has 0 radical (unpaired) electrons. The van der Waals surface area contributed by atoms with Crippen LogP contribution in [0.4, 0.5) is 15.8 Å². The fraction of sp³-hybridized carbons (Fsp3) is 0.361. The normalized spacial score (nSPS) is 17.6. The number of fused-ring (bicyclic) bond motifs is 6. The lowest BCUT2D eigenvalue weighted by Crippen LogP contribution is -2.62. The lowest BCUT2D eigenvalue weighted by atomic mass is 9.94. The average Bonchev–Trinajstić information content (AvgIpc) is 3.54. The third-order valence-electron chi connectivity index (χ3n) is 9.67. The van der Waals surface area contributed by atoms with Gasteiger partial charge in [-0.05, 0) is 49.5 Å². The molecular formula is C36H38ClFN8O2. The van der Waals surface area contributed by atoms with Crippen LogP contribution in [0.1, 0.15) is 63.4 Å². The summed E-state index contributed by atoms with van der Waals surface area (Å²) < 4.78 is 18.5. The molecule has 1 amide bonds. The quantitative estimate of drug-likeness (QED) is 0.201. The van der Waals surface area contributed by atoms with Crippen molar-refractivity contribution in [1.82, 2.24) is 29.4 Å². The first-order chi connectivity index (χ1) is 22.9. The van der Waals surface area contributed by atoms with E-state index in [9.17, 15) is 4.79 Å². The van der Waals surface area contributed by atoms with Crippen molar-refractivity contribution in [3.05, 3.63) is 81.7 Å². The maximum Gasteiger partial charge on any atom is 0.281 e. The highest BCUT2D eigenvalue weighted by molar-refractivity contribution is 6.39. The van der Waals surface area contributed by atoms with Gasteiger partial charge in [-0.2, -0.15) is 0 Å². The number of hydrogen-bond donors (Lipinski definition) is 2. The number of aromatic amines is 1. The minimum Gasteiger partial charge on any atom is -0.377 e. The van der Waals surface area contributed by atoms with Crippen molar-refractivity contribution in [3.63, 3.8) is 0 Å². The molecule has 48 heavy (non-hydrogen) atoms. The number of piperazine rings is 1. The van der Waals surface area contributed by atoms with Crippen molar-refractivity contribution in [2.75, 3.05) is 29.9 Å². The van der Waals surface area contributed by atoms with E-state index in [4.69, 9.17) is 11.6 Å². The average molecular weight is 669 g/mol. The van der Waals surface area contributed by atoms with Crippen LogP contribution in [0, 0.1) is 12.7 Å². The molecule has 0 aliphatic carbocycles. The third kappa shape index (κ3) is 4.69. The van der Waals surface area contributed by atoms with Gasteiger partial charge in [0.25, 0.3) is 5.56 Å². The zero-order chi connectivity index (χ0) is 34.2. The van der Waals surface area contributed by atoms with Gasteiger partial charge in [-0.1, -0.05) is 51.9 Å². The number of carbonyl (C=O) groups excluding carboxylic acids is 1. The molecule has 2 N–H and O–H groups in total. The molecule has 1 saturated heterocycles. The van der Waals surface area contributed by atoms with E-state index in [1.165, 1.54) is 18.5 Å². The molecule has 2 aliphatic heterocycles. The first kappa shape index (κ1) is 31.8. The van der Waals surface area contributed by atoms with Crippen LogP contribution in [0.2, 0.25) is 5.02 Å². The number of imidazole rings is 1. The Kier molecular flexibility index (Phi) is 7.77. The Hall–Kier alpha value is -4.77. The van der Waals surface area contributed by atoms with Crippen LogP contribution in [0.5, 0.6) is 0 Å². The number of carbonyl (C=O) groups is 1. The summed E-state index contributed by atoms with van der Waals surface area (Å²) >= 11 is 7.46. The number of H-pyrrole nitrogens is 1. The Balaban J connectivity index is 1.63. The molecule has 10 nitrogen and oxygen atoms in total. The van der Waals surface area contributed by atoms with Gasteiger partial charge in [0.05, 0.1) is 56.7 Å². The molecule has 0 bridgehead atoms. The van der Waals surface area contributed by atoms with Gasteiger partial charge in [0.15, 0.2) is 0 Å². The van der Waals surface area contributed by atoms with E-state index in [1.54, 1.807) is 15.8 Å². The molecule has 2 aliphatic rings. The summed E-state index contributed by atoms with van der Waals surface area (Å²) in [5, 5.41) is 3.94. The highest BCUT2D eigenvalue weighted by Gasteiger charge is 2.40. The Morgan fingerprint density at radius 3 is 2.46 bits per heavy atom. The molecule has 7 rings (SSSR count). The van der Waals surface area contributed by atoms with Crippen molar-refractivity contribution >= 4 is 50.8 Å². The highest BCUT2D eigenvalue weighted by Crippen LogP contribution is 2.47. The zero-order valence-corrected chi connectivity index (χ0v) is 28.6. The molecule has 3 aromatic heterocycles. The van der Waals surface area contributed by atoms with Crippen LogP contribution < -0.4 is 15.8 Å². The second-order valence-corrected chi connectivity index (χ2v) is 13.8. The van der Waals surface area contributed by atoms with E-state index in [1.807, 2.05) is 53.7 Å². The van der Waals surface area contributed by atoms with Crippen LogP contribution in [0.25, 0.3) is 38.8 Å². The van der Waals surface area contributed by atoms with E-state index in [-0.39, 0.29) is 46.0 Å². The van der Waals surface area contributed by atoms with Crippen LogP contribution >= 0.6 is 11.6 Å².